The first-order valence-corrected chi connectivity index (χ1v) is 6.76. The Kier molecular flexibility index (Phi) is 4.66. The van der Waals surface area contributed by atoms with Gasteiger partial charge < -0.3 is 14.6 Å². The van der Waals surface area contributed by atoms with Gasteiger partial charge in [0, 0.05) is 5.02 Å². The molecule has 0 radical (unpaired) electrons. The van der Waals surface area contributed by atoms with Crippen molar-refractivity contribution < 1.29 is 19.4 Å². The zero-order chi connectivity index (χ0) is 13.7. The summed E-state index contributed by atoms with van der Waals surface area (Å²) in [6.07, 6.45) is 3.27. The molecule has 1 aromatic rings. The van der Waals surface area contributed by atoms with Crippen molar-refractivity contribution >= 4 is 17.6 Å². The maximum Gasteiger partial charge on any atom is 0.338 e. The van der Waals surface area contributed by atoms with Gasteiger partial charge in [0.05, 0.1) is 13.2 Å². The maximum absolute atomic E-state index is 10.9. The number of carboxylic acids is 1. The molecule has 0 bridgehead atoms. The molecule has 1 aliphatic heterocycles. The van der Waals surface area contributed by atoms with Crippen LogP contribution in [0.1, 0.15) is 25.7 Å². The number of hydrogen-bond donors (Lipinski definition) is 1. The lowest BCUT2D eigenvalue weighted by Crippen LogP contribution is -2.23. The highest BCUT2D eigenvalue weighted by atomic mass is 35.5. The standard InChI is InChI=1S/C14H17ClO4/c15-11-4-6-12(7-5-11)18-9-3-1-2-8-14(10-19-14)13(16)17/h4-7H,1-3,8-10H2,(H,16,17)/t14-/m1/s1. The van der Waals surface area contributed by atoms with Crippen molar-refractivity contribution in [3.05, 3.63) is 29.3 Å². The van der Waals surface area contributed by atoms with Gasteiger partial charge in [0.2, 0.25) is 0 Å². The molecule has 19 heavy (non-hydrogen) atoms. The molecule has 1 atom stereocenters. The van der Waals surface area contributed by atoms with Gasteiger partial charge in [0.25, 0.3) is 0 Å². The third kappa shape index (κ3) is 4.11. The third-order valence-electron chi connectivity index (χ3n) is 3.19. The van der Waals surface area contributed by atoms with Crippen molar-refractivity contribution in [2.45, 2.75) is 31.3 Å². The van der Waals surface area contributed by atoms with Crippen molar-refractivity contribution in [1.29, 1.82) is 0 Å². The van der Waals surface area contributed by atoms with Crippen LogP contribution in [-0.2, 0) is 9.53 Å². The summed E-state index contributed by atoms with van der Waals surface area (Å²) in [4.78, 5) is 10.9. The van der Waals surface area contributed by atoms with Crippen molar-refractivity contribution in [1.82, 2.24) is 0 Å². The zero-order valence-electron chi connectivity index (χ0n) is 10.6. The van der Waals surface area contributed by atoms with Crippen LogP contribution in [0.5, 0.6) is 5.75 Å². The predicted octanol–water partition coefficient (Wildman–Crippen LogP) is 3.13. The Morgan fingerprint density at radius 2 is 2.00 bits per heavy atom. The van der Waals surface area contributed by atoms with E-state index in [1.54, 1.807) is 12.1 Å². The molecule has 1 fully saturated rings. The molecule has 0 aliphatic carbocycles. The average molecular weight is 285 g/mol. The Bertz CT molecular complexity index is 426. The van der Waals surface area contributed by atoms with Crippen molar-refractivity contribution in [3.63, 3.8) is 0 Å². The summed E-state index contributed by atoms with van der Waals surface area (Å²) in [7, 11) is 0. The van der Waals surface area contributed by atoms with E-state index in [0.29, 0.717) is 24.7 Å². The summed E-state index contributed by atoms with van der Waals surface area (Å²) in [5, 5.41) is 9.61. The Labute approximate surface area is 117 Å². The first-order chi connectivity index (χ1) is 9.12. The molecular formula is C14H17ClO4. The molecule has 1 N–H and O–H groups in total. The smallest absolute Gasteiger partial charge is 0.338 e. The molecule has 2 rings (SSSR count). The van der Waals surface area contributed by atoms with Crippen molar-refractivity contribution in [2.75, 3.05) is 13.2 Å². The van der Waals surface area contributed by atoms with E-state index in [-0.39, 0.29) is 0 Å². The number of aliphatic carboxylic acids is 1. The number of epoxide rings is 1. The summed E-state index contributed by atoms with van der Waals surface area (Å²) in [6, 6.07) is 7.25. The van der Waals surface area contributed by atoms with Gasteiger partial charge >= 0.3 is 5.97 Å². The Hall–Kier alpha value is -1.26. The summed E-state index contributed by atoms with van der Waals surface area (Å²) in [5.41, 5.74) is -0.878. The number of ether oxygens (including phenoxy) is 2. The van der Waals surface area contributed by atoms with Gasteiger partial charge in [-0.25, -0.2) is 4.79 Å². The van der Waals surface area contributed by atoms with Gasteiger partial charge in [-0.15, -0.1) is 0 Å². The first kappa shape index (κ1) is 14.2. The van der Waals surface area contributed by atoms with Crippen LogP contribution in [0.15, 0.2) is 24.3 Å². The average Bonchev–Trinajstić information content (AvgIpc) is 3.17. The Balaban J connectivity index is 1.55. The van der Waals surface area contributed by atoms with Gasteiger partial charge in [-0.3, -0.25) is 0 Å². The second kappa shape index (κ2) is 6.26. The van der Waals surface area contributed by atoms with Gasteiger partial charge in [-0.1, -0.05) is 11.6 Å². The van der Waals surface area contributed by atoms with Gasteiger partial charge in [-0.2, -0.15) is 0 Å². The highest BCUT2D eigenvalue weighted by Crippen LogP contribution is 2.33. The van der Waals surface area contributed by atoms with Gasteiger partial charge in [-0.05, 0) is 49.9 Å². The van der Waals surface area contributed by atoms with Crippen LogP contribution >= 0.6 is 11.6 Å². The Morgan fingerprint density at radius 1 is 1.32 bits per heavy atom. The molecule has 4 nitrogen and oxygen atoms in total. The van der Waals surface area contributed by atoms with E-state index >= 15 is 0 Å². The van der Waals surface area contributed by atoms with Crippen LogP contribution in [0.4, 0.5) is 0 Å². The lowest BCUT2D eigenvalue weighted by Gasteiger charge is -2.07. The third-order valence-corrected chi connectivity index (χ3v) is 3.44. The minimum absolute atomic E-state index is 0.351. The van der Waals surface area contributed by atoms with Gasteiger partial charge in [0.1, 0.15) is 5.75 Å². The van der Waals surface area contributed by atoms with E-state index in [1.165, 1.54) is 0 Å². The van der Waals surface area contributed by atoms with Crippen LogP contribution in [0.25, 0.3) is 0 Å². The number of carbonyl (C=O) groups is 1. The van der Waals surface area contributed by atoms with Crippen molar-refractivity contribution in [2.24, 2.45) is 0 Å². The van der Waals surface area contributed by atoms with E-state index in [9.17, 15) is 4.79 Å². The van der Waals surface area contributed by atoms with Crippen LogP contribution in [0, 0.1) is 0 Å². The summed E-state index contributed by atoms with van der Waals surface area (Å²) >= 11 is 5.77. The maximum atomic E-state index is 10.9. The molecule has 0 amide bonds. The number of rotatable bonds is 8. The van der Waals surface area contributed by atoms with E-state index in [1.807, 2.05) is 12.1 Å². The second-order valence-electron chi connectivity index (χ2n) is 4.70. The zero-order valence-corrected chi connectivity index (χ0v) is 11.4. The molecule has 104 valence electrons. The number of hydrogen-bond acceptors (Lipinski definition) is 3. The predicted molar refractivity (Wildman–Crippen MR) is 71.7 cm³/mol. The Morgan fingerprint density at radius 3 is 2.58 bits per heavy atom. The number of carboxylic acid groups (broad SMARTS) is 1. The molecule has 1 aliphatic rings. The monoisotopic (exact) mass is 284 g/mol. The SMILES string of the molecule is O=C(O)[C@@]1(CCCCCOc2ccc(Cl)cc2)CO1. The topological polar surface area (TPSA) is 59.1 Å². The van der Waals surface area contributed by atoms with E-state index in [2.05, 4.69) is 0 Å². The molecule has 5 heteroatoms. The molecule has 0 spiro atoms. The van der Waals surface area contributed by atoms with Crippen LogP contribution in [-0.4, -0.2) is 29.9 Å². The number of unbranched alkanes of at least 4 members (excludes halogenated alkanes) is 2. The highest BCUT2D eigenvalue weighted by molar-refractivity contribution is 6.30. The van der Waals surface area contributed by atoms with E-state index in [0.717, 1.165) is 25.0 Å². The summed E-state index contributed by atoms with van der Waals surface area (Å²) in [5.74, 6) is -0.0400. The molecule has 0 saturated carbocycles. The normalized spacial score (nSPS) is 21.1. The largest absolute Gasteiger partial charge is 0.494 e. The van der Waals surface area contributed by atoms with Gasteiger partial charge in [0.15, 0.2) is 5.60 Å². The van der Waals surface area contributed by atoms with Crippen LogP contribution in [0.2, 0.25) is 5.02 Å². The summed E-state index contributed by atoms with van der Waals surface area (Å²) < 4.78 is 10.6. The lowest BCUT2D eigenvalue weighted by molar-refractivity contribution is -0.143. The van der Waals surface area contributed by atoms with Crippen molar-refractivity contribution in [3.8, 4) is 5.75 Å². The number of benzene rings is 1. The first-order valence-electron chi connectivity index (χ1n) is 6.38. The fourth-order valence-electron chi connectivity index (χ4n) is 1.87. The molecule has 1 heterocycles. The fourth-order valence-corrected chi connectivity index (χ4v) is 2.00. The summed E-state index contributed by atoms with van der Waals surface area (Å²) in [6.45, 7) is 0.978. The second-order valence-corrected chi connectivity index (χ2v) is 5.14. The lowest BCUT2D eigenvalue weighted by atomic mass is 10.0. The van der Waals surface area contributed by atoms with Crippen LogP contribution in [0.3, 0.4) is 0 Å². The van der Waals surface area contributed by atoms with Crippen LogP contribution < -0.4 is 4.74 Å². The molecule has 0 unspecified atom stereocenters. The molecule has 0 aromatic heterocycles. The highest BCUT2D eigenvalue weighted by Gasteiger charge is 2.51. The van der Waals surface area contributed by atoms with E-state index < -0.39 is 11.6 Å². The van der Waals surface area contributed by atoms with E-state index in [4.69, 9.17) is 26.2 Å². The fraction of sp³-hybridized carbons (Fsp3) is 0.500. The molecule has 1 aromatic carbocycles. The molecular weight excluding hydrogens is 268 g/mol. The quantitative estimate of drug-likeness (QED) is 0.588. The number of halogens is 1. The molecule has 1 saturated heterocycles. The minimum Gasteiger partial charge on any atom is -0.494 e. The minimum atomic E-state index is -0.878.